The first-order valence-corrected chi connectivity index (χ1v) is 9.19. The molecular formula is C20H28N2O3. The van der Waals surface area contributed by atoms with Gasteiger partial charge in [-0.05, 0) is 42.9 Å². The monoisotopic (exact) mass is 344 g/mol. The van der Waals surface area contributed by atoms with Crippen molar-refractivity contribution in [2.45, 2.75) is 38.6 Å². The Morgan fingerprint density at radius 2 is 1.76 bits per heavy atom. The van der Waals surface area contributed by atoms with Crippen LogP contribution in [0.5, 0.6) is 5.75 Å². The Hall–Kier alpha value is -2.04. The molecule has 2 atom stereocenters. The van der Waals surface area contributed by atoms with Gasteiger partial charge in [-0.15, -0.1) is 0 Å². The van der Waals surface area contributed by atoms with Gasteiger partial charge in [-0.25, -0.2) is 0 Å². The lowest BCUT2D eigenvalue weighted by Crippen LogP contribution is -2.49. The summed E-state index contributed by atoms with van der Waals surface area (Å²) in [5.41, 5.74) is 1.00. The summed E-state index contributed by atoms with van der Waals surface area (Å²) in [5.74, 6) is 1.62. The third-order valence-corrected chi connectivity index (χ3v) is 5.73. The number of carbonyl (C=O) groups is 2. The van der Waals surface area contributed by atoms with E-state index in [-0.39, 0.29) is 23.8 Å². The number of carbonyl (C=O) groups excluding carboxylic acids is 2. The molecule has 136 valence electrons. The largest absolute Gasteiger partial charge is 0.497 e. The van der Waals surface area contributed by atoms with Crippen molar-refractivity contribution in [2.24, 2.45) is 11.8 Å². The summed E-state index contributed by atoms with van der Waals surface area (Å²) in [4.78, 5) is 29.2. The summed E-state index contributed by atoms with van der Waals surface area (Å²) < 4.78 is 5.23. The van der Waals surface area contributed by atoms with E-state index in [0.29, 0.717) is 18.8 Å². The molecule has 1 aromatic carbocycles. The van der Waals surface area contributed by atoms with Crippen LogP contribution in [-0.4, -0.2) is 48.9 Å². The maximum Gasteiger partial charge on any atom is 0.228 e. The van der Waals surface area contributed by atoms with Gasteiger partial charge in [-0.1, -0.05) is 19.1 Å². The van der Waals surface area contributed by atoms with Crippen LogP contribution in [-0.2, 0) is 9.59 Å². The molecule has 0 spiro atoms. The topological polar surface area (TPSA) is 49.9 Å². The lowest BCUT2D eigenvalue weighted by atomic mass is 9.83. The predicted molar refractivity (Wildman–Crippen MR) is 96.2 cm³/mol. The van der Waals surface area contributed by atoms with Crippen molar-refractivity contribution in [1.29, 1.82) is 0 Å². The highest BCUT2D eigenvalue weighted by Gasteiger charge is 2.40. The van der Waals surface area contributed by atoms with Crippen LogP contribution >= 0.6 is 0 Å². The van der Waals surface area contributed by atoms with E-state index in [1.807, 2.05) is 36.2 Å². The molecule has 2 saturated heterocycles. The highest BCUT2D eigenvalue weighted by Crippen LogP contribution is 2.38. The molecule has 2 amide bonds. The summed E-state index contributed by atoms with van der Waals surface area (Å²) in [6.45, 7) is 3.92. The summed E-state index contributed by atoms with van der Waals surface area (Å²) in [6, 6.07) is 7.53. The normalized spacial score (nSPS) is 25.2. The van der Waals surface area contributed by atoms with Gasteiger partial charge in [0.2, 0.25) is 11.8 Å². The molecule has 0 saturated carbocycles. The van der Waals surface area contributed by atoms with Gasteiger partial charge in [-0.2, -0.15) is 0 Å². The molecule has 0 N–H and O–H groups in total. The number of methoxy groups -OCH3 is 1. The highest BCUT2D eigenvalue weighted by molar-refractivity contribution is 5.85. The van der Waals surface area contributed by atoms with Crippen LogP contribution in [0.4, 0.5) is 0 Å². The molecule has 2 heterocycles. The van der Waals surface area contributed by atoms with Gasteiger partial charge < -0.3 is 14.5 Å². The molecule has 3 rings (SSSR count). The average molecular weight is 344 g/mol. The van der Waals surface area contributed by atoms with Crippen molar-refractivity contribution in [3.63, 3.8) is 0 Å². The quantitative estimate of drug-likeness (QED) is 0.847. The smallest absolute Gasteiger partial charge is 0.228 e. The van der Waals surface area contributed by atoms with Crippen molar-refractivity contribution in [1.82, 2.24) is 9.80 Å². The van der Waals surface area contributed by atoms with Crippen LogP contribution in [0.3, 0.4) is 0 Å². The highest BCUT2D eigenvalue weighted by atomic mass is 16.5. The van der Waals surface area contributed by atoms with Crippen molar-refractivity contribution in [3.8, 4) is 5.75 Å². The number of benzene rings is 1. The Morgan fingerprint density at radius 1 is 1.12 bits per heavy atom. The van der Waals surface area contributed by atoms with Crippen LogP contribution in [0.2, 0.25) is 0 Å². The number of rotatable bonds is 3. The summed E-state index contributed by atoms with van der Waals surface area (Å²) >= 11 is 0. The fourth-order valence-corrected chi connectivity index (χ4v) is 4.02. The van der Waals surface area contributed by atoms with Gasteiger partial charge in [0.1, 0.15) is 5.75 Å². The van der Waals surface area contributed by atoms with E-state index in [1.54, 1.807) is 12.0 Å². The Balaban J connectivity index is 1.84. The van der Waals surface area contributed by atoms with Crippen LogP contribution in [0, 0.1) is 11.8 Å². The van der Waals surface area contributed by atoms with E-state index in [9.17, 15) is 9.59 Å². The minimum atomic E-state index is -0.195. The van der Waals surface area contributed by atoms with E-state index in [2.05, 4.69) is 6.92 Å². The standard InChI is InChI=1S/C20H28N2O3/c1-14-10-12-22(13-11-14)20(24)17-8-9-18(23)21(2)19(17)15-4-6-16(25-3)7-5-15/h4-7,14,17,19H,8-13H2,1-3H3/t17-,19-/m0/s1. The van der Waals surface area contributed by atoms with Crippen LogP contribution < -0.4 is 4.74 Å². The van der Waals surface area contributed by atoms with Gasteiger partial charge in [0.15, 0.2) is 0 Å². The molecule has 0 radical (unpaired) electrons. The van der Waals surface area contributed by atoms with E-state index in [1.165, 1.54) is 0 Å². The minimum Gasteiger partial charge on any atom is -0.497 e. The second kappa shape index (κ2) is 7.46. The van der Waals surface area contributed by atoms with Gasteiger partial charge in [0, 0.05) is 26.6 Å². The molecule has 2 aliphatic heterocycles. The summed E-state index contributed by atoms with van der Waals surface area (Å²) in [5, 5.41) is 0. The molecule has 5 heteroatoms. The number of hydrogen-bond donors (Lipinski definition) is 0. The molecule has 2 aliphatic rings. The van der Waals surface area contributed by atoms with Crippen molar-refractivity contribution < 1.29 is 14.3 Å². The van der Waals surface area contributed by atoms with Crippen molar-refractivity contribution >= 4 is 11.8 Å². The van der Waals surface area contributed by atoms with Crippen LogP contribution in [0.15, 0.2) is 24.3 Å². The lowest BCUT2D eigenvalue weighted by Gasteiger charge is -2.41. The summed E-state index contributed by atoms with van der Waals surface area (Å²) in [7, 11) is 3.45. The van der Waals surface area contributed by atoms with Gasteiger partial charge in [0.05, 0.1) is 19.1 Å². The molecule has 2 fully saturated rings. The van der Waals surface area contributed by atoms with Crippen LogP contribution in [0.25, 0.3) is 0 Å². The van der Waals surface area contributed by atoms with E-state index in [0.717, 1.165) is 37.2 Å². The molecular weight excluding hydrogens is 316 g/mol. The first-order chi connectivity index (χ1) is 12.0. The van der Waals surface area contributed by atoms with Gasteiger partial charge in [-0.3, -0.25) is 9.59 Å². The second-order valence-electron chi connectivity index (χ2n) is 7.38. The Bertz CT molecular complexity index is 620. The molecule has 25 heavy (non-hydrogen) atoms. The first kappa shape index (κ1) is 17.8. The number of hydrogen-bond acceptors (Lipinski definition) is 3. The molecule has 0 aromatic heterocycles. The van der Waals surface area contributed by atoms with Crippen molar-refractivity contribution in [2.75, 3.05) is 27.2 Å². The Morgan fingerprint density at radius 3 is 2.36 bits per heavy atom. The first-order valence-electron chi connectivity index (χ1n) is 9.19. The third kappa shape index (κ3) is 3.65. The molecule has 0 aliphatic carbocycles. The third-order valence-electron chi connectivity index (χ3n) is 5.73. The van der Waals surface area contributed by atoms with E-state index in [4.69, 9.17) is 4.74 Å². The SMILES string of the molecule is COc1ccc([C@H]2[C@@H](C(=O)N3CCC(C)CC3)CCC(=O)N2C)cc1. The zero-order valence-corrected chi connectivity index (χ0v) is 15.4. The Labute approximate surface area is 149 Å². The zero-order chi connectivity index (χ0) is 18.0. The second-order valence-corrected chi connectivity index (χ2v) is 7.38. The minimum absolute atomic E-state index is 0.108. The predicted octanol–water partition coefficient (Wildman–Crippen LogP) is 2.86. The molecule has 0 bridgehead atoms. The average Bonchev–Trinajstić information content (AvgIpc) is 2.64. The maximum atomic E-state index is 13.2. The van der Waals surface area contributed by atoms with Crippen molar-refractivity contribution in [3.05, 3.63) is 29.8 Å². The van der Waals surface area contributed by atoms with E-state index < -0.39 is 0 Å². The van der Waals surface area contributed by atoms with E-state index >= 15 is 0 Å². The van der Waals surface area contributed by atoms with Gasteiger partial charge >= 0.3 is 0 Å². The molecule has 5 nitrogen and oxygen atoms in total. The molecule has 0 unspecified atom stereocenters. The maximum absolute atomic E-state index is 13.2. The number of nitrogens with zero attached hydrogens (tertiary/aromatic N) is 2. The lowest BCUT2D eigenvalue weighted by molar-refractivity contribution is -0.147. The zero-order valence-electron chi connectivity index (χ0n) is 15.4. The fourth-order valence-electron chi connectivity index (χ4n) is 4.02. The number of ether oxygens (including phenoxy) is 1. The van der Waals surface area contributed by atoms with Crippen LogP contribution in [0.1, 0.15) is 44.2 Å². The number of likely N-dealkylation sites (tertiary alicyclic amines) is 2. The van der Waals surface area contributed by atoms with Gasteiger partial charge in [0.25, 0.3) is 0 Å². The number of piperidine rings is 2. The number of amides is 2. The Kier molecular flexibility index (Phi) is 5.30. The summed E-state index contributed by atoms with van der Waals surface area (Å²) in [6.07, 6.45) is 3.22. The molecule has 1 aromatic rings. The fraction of sp³-hybridized carbons (Fsp3) is 0.600.